The summed E-state index contributed by atoms with van der Waals surface area (Å²) in [6.45, 7) is 2.73. The van der Waals surface area contributed by atoms with E-state index in [1.165, 1.54) is 0 Å². The second-order valence-corrected chi connectivity index (χ2v) is 8.18. The van der Waals surface area contributed by atoms with Crippen molar-refractivity contribution in [1.29, 1.82) is 5.26 Å². The highest BCUT2D eigenvalue weighted by atomic mass is 16.5. The molecule has 0 radical (unpaired) electrons. The number of rotatable bonds is 4. The summed E-state index contributed by atoms with van der Waals surface area (Å²) >= 11 is 0. The number of benzene rings is 2. The molecule has 7 heteroatoms. The first-order chi connectivity index (χ1) is 15.6. The second-order valence-electron chi connectivity index (χ2n) is 8.18. The molecule has 1 aliphatic heterocycles. The fourth-order valence-electron chi connectivity index (χ4n) is 4.49. The Morgan fingerprint density at radius 3 is 2.88 bits per heavy atom. The van der Waals surface area contributed by atoms with Crippen LogP contribution in [0.3, 0.4) is 0 Å². The predicted octanol–water partition coefficient (Wildman–Crippen LogP) is 4.38. The van der Waals surface area contributed by atoms with Gasteiger partial charge in [0, 0.05) is 23.7 Å². The first-order valence-corrected chi connectivity index (χ1v) is 10.8. The molecule has 7 nitrogen and oxygen atoms in total. The van der Waals surface area contributed by atoms with Crippen LogP contribution in [0.4, 0.5) is 5.69 Å². The molecule has 0 bridgehead atoms. The largest absolute Gasteiger partial charge is 0.378 e. The molecule has 0 spiro atoms. The maximum absolute atomic E-state index is 12.9. The number of aromatic nitrogens is 3. The van der Waals surface area contributed by atoms with Crippen LogP contribution >= 0.6 is 0 Å². The molecule has 1 N–H and O–H groups in total. The van der Waals surface area contributed by atoms with Crippen LogP contribution in [-0.2, 0) is 16.0 Å². The minimum atomic E-state index is -0.122. The van der Waals surface area contributed by atoms with E-state index in [-0.39, 0.29) is 24.5 Å². The number of hydrogen-bond acceptors (Lipinski definition) is 5. The van der Waals surface area contributed by atoms with Crippen molar-refractivity contribution in [2.24, 2.45) is 0 Å². The van der Waals surface area contributed by atoms with E-state index in [0.29, 0.717) is 18.0 Å². The molecule has 1 amide bonds. The maximum atomic E-state index is 12.9. The van der Waals surface area contributed by atoms with E-state index >= 15 is 0 Å². The third-order valence-corrected chi connectivity index (χ3v) is 5.92. The number of ether oxygens (including phenoxy) is 1. The normalized spacial score (nSPS) is 18.5. The number of nitriles is 1. The van der Waals surface area contributed by atoms with Crippen molar-refractivity contribution in [3.8, 4) is 6.07 Å². The molecule has 0 aliphatic carbocycles. The molecule has 160 valence electrons. The molecule has 2 atom stereocenters. The van der Waals surface area contributed by atoms with Crippen LogP contribution < -0.4 is 5.32 Å². The van der Waals surface area contributed by atoms with Gasteiger partial charge in [0.1, 0.15) is 11.3 Å². The van der Waals surface area contributed by atoms with Crippen LogP contribution in [0.15, 0.2) is 54.7 Å². The highest BCUT2D eigenvalue weighted by Gasteiger charge is 2.27. The van der Waals surface area contributed by atoms with E-state index in [2.05, 4.69) is 27.9 Å². The molecule has 1 aliphatic rings. The summed E-state index contributed by atoms with van der Waals surface area (Å²) in [7, 11) is 0. The Morgan fingerprint density at radius 2 is 2.09 bits per heavy atom. The Morgan fingerprint density at radius 1 is 1.25 bits per heavy atom. The average molecular weight is 425 g/mol. The molecule has 1 saturated heterocycles. The van der Waals surface area contributed by atoms with Crippen LogP contribution in [0.2, 0.25) is 0 Å². The van der Waals surface area contributed by atoms with Gasteiger partial charge in [-0.25, -0.2) is 4.98 Å². The average Bonchev–Trinajstić information content (AvgIpc) is 3.17. The molecule has 0 saturated carbocycles. The number of anilines is 1. The number of nitrogens with zero attached hydrogens (tertiary/aromatic N) is 4. The number of imidazole rings is 1. The molecule has 2 aromatic heterocycles. The number of amides is 1. The minimum Gasteiger partial charge on any atom is -0.378 e. The SMILES string of the molecule is C[C@@H]1C[C@H](n2c(CC(=O)Nc3ccccc3)nc3cnc4ccc(C#N)cc4c32)CCO1. The summed E-state index contributed by atoms with van der Waals surface area (Å²) in [5, 5.41) is 13.3. The molecule has 0 unspecified atom stereocenters. The van der Waals surface area contributed by atoms with Crippen molar-refractivity contribution < 1.29 is 9.53 Å². The van der Waals surface area contributed by atoms with E-state index in [0.717, 1.165) is 40.5 Å². The van der Waals surface area contributed by atoms with Gasteiger partial charge in [-0.15, -0.1) is 0 Å². The third kappa shape index (κ3) is 3.81. The van der Waals surface area contributed by atoms with Crippen molar-refractivity contribution >= 4 is 33.5 Å². The quantitative estimate of drug-likeness (QED) is 0.524. The lowest BCUT2D eigenvalue weighted by Crippen LogP contribution is -2.27. The van der Waals surface area contributed by atoms with Crippen molar-refractivity contribution in [2.75, 3.05) is 11.9 Å². The Kier molecular flexibility index (Phi) is 5.29. The lowest BCUT2D eigenvalue weighted by Gasteiger charge is -2.30. The monoisotopic (exact) mass is 425 g/mol. The molecular weight excluding hydrogens is 402 g/mol. The van der Waals surface area contributed by atoms with Gasteiger partial charge in [0.2, 0.25) is 5.91 Å². The second kappa shape index (κ2) is 8.40. The summed E-state index contributed by atoms with van der Waals surface area (Å²) in [6.07, 6.45) is 3.70. The summed E-state index contributed by atoms with van der Waals surface area (Å²) in [6, 6.07) is 17.3. The van der Waals surface area contributed by atoms with Gasteiger partial charge in [0.15, 0.2) is 0 Å². The fourth-order valence-corrected chi connectivity index (χ4v) is 4.49. The van der Waals surface area contributed by atoms with E-state index in [4.69, 9.17) is 9.72 Å². The highest BCUT2D eigenvalue weighted by molar-refractivity contribution is 6.03. The van der Waals surface area contributed by atoms with Crippen molar-refractivity contribution in [1.82, 2.24) is 14.5 Å². The Labute approximate surface area is 185 Å². The zero-order chi connectivity index (χ0) is 22.1. The topological polar surface area (TPSA) is 92.8 Å². The van der Waals surface area contributed by atoms with Crippen LogP contribution in [0, 0.1) is 11.3 Å². The number of carbonyl (C=O) groups excluding carboxylic acids is 1. The number of para-hydroxylation sites is 1. The zero-order valence-corrected chi connectivity index (χ0v) is 17.8. The van der Waals surface area contributed by atoms with Crippen LogP contribution in [0.5, 0.6) is 0 Å². The Balaban J connectivity index is 1.63. The van der Waals surface area contributed by atoms with E-state index in [1.807, 2.05) is 42.5 Å². The van der Waals surface area contributed by atoms with Gasteiger partial charge in [-0.3, -0.25) is 9.78 Å². The van der Waals surface area contributed by atoms with Crippen LogP contribution in [0.1, 0.15) is 37.2 Å². The first-order valence-electron chi connectivity index (χ1n) is 10.8. The lowest BCUT2D eigenvalue weighted by atomic mass is 10.0. The summed E-state index contributed by atoms with van der Waals surface area (Å²) in [5.41, 5.74) is 3.79. The molecule has 5 rings (SSSR count). The standard InChI is InChI=1S/C25H23N5O2/c1-16-11-19(9-10-32-16)30-23(13-24(31)28-18-5-3-2-4-6-18)29-22-15-27-21-8-7-17(14-26)12-20(21)25(22)30/h2-8,12,15-16,19H,9-11,13H2,1H3,(H,28,31)/t16-,19-/m1/s1. The predicted molar refractivity (Wildman–Crippen MR) is 122 cm³/mol. The Bertz CT molecular complexity index is 1340. The molecule has 3 heterocycles. The summed E-state index contributed by atoms with van der Waals surface area (Å²) in [5.74, 6) is 0.576. The molecule has 4 aromatic rings. The molecule has 1 fully saturated rings. The van der Waals surface area contributed by atoms with Crippen molar-refractivity contribution in [3.63, 3.8) is 0 Å². The van der Waals surface area contributed by atoms with Gasteiger partial charge in [-0.2, -0.15) is 5.26 Å². The number of pyridine rings is 1. The van der Waals surface area contributed by atoms with Crippen LogP contribution in [-0.4, -0.2) is 33.2 Å². The molecule has 2 aromatic carbocycles. The third-order valence-electron chi connectivity index (χ3n) is 5.92. The van der Waals surface area contributed by atoms with Gasteiger partial charge in [-0.05, 0) is 50.1 Å². The van der Waals surface area contributed by atoms with Crippen LogP contribution in [0.25, 0.3) is 21.9 Å². The maximum Gasteiger partial charge on any atom is 0.231 e. The number of fused-ring (bicyclic) bond motifs is 3. The van der Waals surface area contributed by atoms with Gasteiger partial charge in [0.25, 0.3) is 0 Å². The highest BCUT2D eigenvalue weighted by Crippen LogP contribution is 2.34. The van der Waals surface area contributed by atoms with Gasteiger partial charge < -0.3 is 14.6 Å². The van der Waals surface area contributed by atoms with Gasteiger partial charge in [0.05, 0.1) is 41.4 Å². The molecule has 32 heavy (non-hydrogen) atoms. The van der Waals surface area contributed by atoms with E-state index < -0.39 is 0 Å². The molecular formula is C25H23N5O2. The number of hydrogen-bond donors (Lipinski definition) is 1. The summed E-state index contributed by atoms with van der Waals surface area (Å²) < 4.78 is 7.96. The number of carbonyl (C=O) groups is 1. The van der Waals surface area contributed by atoms with Gasteiger partial charge >= 0.3 is 0 Å². The zero-order valence-electron chi connectivity index (χ0n) is 17.8. The van der Waals surface area contributed by atoms with Crippen molar-refractivity contribution in [3.05, 3.63) is 66.1 Å². The van der Waals surface area contributed by atoms with E-state index in [1.54, 1.807) is 12.3 Å². The summed E-state index contributed by atoms with van der Waals surface area (Å²) in [4.78, 5) is 22.2. The first kappa shape index (κ1) is 20.2. The van der Waals surface area contributed by atoms with E-state index in [9.17, 15) is 10.1 Å². The Hall–Kier alpha value is -3.76. The van der Waals surface area contributed by atoms with Crippen molar-refractivity contribution in [2.45, 2.75) is 38.3 Å². The fraction of sp³-hybridized carbons (Fsp3) is 0.280. The smallest absolute Gasteiger partial charge is 0.231 e. The number of nitrogens with one attached hydrogen (secondary N) is 1. The minimum absolute atomic E-state index is 0.122. The van der Waals surface area contributed by atoms with Gasteiger partial charge in [-0.1, -0.05) is 18.2 Å². The lowest BCUT2D eigenvalue weighted by molar-refractivity contribution is -0.115.